The summed E-state index contributed by atoms with van der Waals surface area (Å²) in [6, 6.07) is 12.0. The van der Waals surface area contributed by atoms with Gasteiger partial charge in [0.15, 0.2) is 6.54 Å². The number of amides is 2. The average Bonchev–Trinajstić information content (AvgIpc) is 2.61. The quantitative estimate of drug-likeness (QED) is 0.576. The summed E-state index contributed by atoms with van der Waals surface area (Å²) in [5.74, 6) is 0.00905. The Morgan fingerprint density at radius 3 is 1.58 bits per heavy atom. The Kier molecular flexibility index (Phi) is 11.5. The summed E-state index contributed by atoms with van der Waals surface area (Å²) in [7, 11) is 4.04. The molecule has 2 aromatic carbocycles. The lowest BCUT2D eigenvalue weighted by Crippen LogP contribution is -3.00. The molecule has 7 heteroatoms. The average molecular weight is 450 g/mol. The molecule has 0 saturated carbocycles. The summed E-state index contributed by atoms with van der Waals surface area (Å²) in [6.45, 7) is 9.11. The van der Waals surface area contributed by atoms with Gasteiger partial charge in [-0.1, -0.05) is 36.4 Å². The maximum Gasteiger partial charge on any atom is 0.279 e. The molecule has 0 radical (unpaired) electrons. The van der Waals surface area contributed by atoms with Crippen molar-refractivity contribution < 1.29 is 32.0 Å². The van der Waals surface area contributed by atoms with E-state index in [2.05, 4.69) is 10.6 Å². The third-order valence-electron chi connectivity index (χ3n) is 5.23. The molecule has 172 valence electrons. The number of para-hydroxylation sites is 2. The third-order valence-corrected chi connectivity index (χ3v) is 5.23. The minimum absolute atomic E-state index is 0. The zero-order chi connectivity index (χ0) is 21.6. The van der Waals surface area contributed by atoms with Crippen LogP contribution in [0.25, 0.3) is 0 Å². The number of halogens is 1. The first-order chi connectivity index (χ1) is 13.6. The third kappa shape index (κ3) is 8.69. The number of aryl methyl sites for hydroxylation is 4. The summed E-state index contributed by atoms with van der Waals surface area (Å²) >= 11 is 0. The van der Waals surface area contributed by atoms with E-state index >= 15 is 0 Å². The van der Waals surface area contributed by atoms with Gasteiger partial charge < -0.3 is 33.0 Å². The van der Waals surface area contributed by atoms with E-state index in [0.29, 0.717) is 17.4 Å². The molecule has 2 amide bonds. The molecule has 0 aliphatic carbocycles. The molecule has 0 aromatic heterocycles. The fourth-order valence-corrected chi connectivity index (χ4v) is 3.54. The predicted octanol–water partition coefficient (Wildman–Crippen LogP) is 0.533. The highest BCUT2D eigenvalue weighted by molar-refractivity contribution is 5.93. The first kappa shape index (κ1) is 28.6. The normalized spacial score (nSPS) is 10.5. The minimum Gasteiger partial charge on any atom is -1.00 e. The van der Waals surface area contributed by atoms with E-state index in [-0.39, 0.29) is 29.7 Å². The summed E-state index contributed by atoms with van der Waals surface area (Å²) in [5, 5.41) is 6.07. The molecule has 0 unspecified atom stereocenters. The van der Waals surface area contributed by atoms with E-state index in [0.717, 1.165) is 46.6 Å². The highest BCUT2D eigenvalue weighted by atomic mass is 35.5. The monoisotopic (exact) mass is 449 g/mol. The van der Waals surface area contributed by atoms with Crippen molar-refractivity contribution in [2.75, 3.05) is 37.8 Å². The molecule has 0 spiro atoms. The van der Waals surface area contributed by atoms with E-state index < -0.39 is 0 Å². The van der Waals surface area contributed by atoms with Gasteiger partial charge in [0.2, 0.25) is 5.91 Å². The number of nitrogens with one attached hydrogen (secondary N) is 2. The van der Waals surface area contributed by atoms with Crippen molar-refractivity contribution in [1.29, 1.82) is 0 Å². The second-order valence-electron chi connectivity index (χ2n) is 8.55. The number of anilines is 2. The van der Waals surface area contributed by atoms with Crippen LogP contribution in [0.5, 0.6) is 0 Å². The molecule has 2 rings (SSSR count). The minimum atomic E-state index is -0.00705. The van der Waals surface area contributed by atoms with Gasteiger partial charge in [-0.25, -0.2) is 0 Å². The molecular weight excluding hydrogens is 414 g/mol. The SMILES string of the molecule is Cc1cccc(C)c1NC(=O)CCC[N+](C)(C)CC(=O)Nc1c(C)cccc1C.O.[Cl-]. The first-order valence-electron chi connectivity index (χ1n) is 10.1. The van der Waals surface area contributed by atoms with Gasteiger partial charge in [0.1, 0.15) is 0 Å². The van der Waals surface area contributed by atoms with E-state index in [4.69, 9.17) is 0 Å². The number of rotatable bonds is 8. The number of likely N-dealkylation sites (N-methyl/N-ethyl adjacent to an activating group) is 1. The van der Waals surface area contributed by atoms with Crippen LogP contribution >= 0.6 is 0 Å². The Balaban J connectivity index is 0.00000450. The number of hydrogen-bond donors (Lipinski definition) is 2. The van der Waals surface area contributed by atoms with E-state index in [1.165, 1.54) is 0 Å². The molecule has 2 aromatic rings. The molecule has 6 nitrogen and oxygen atoms in total. The fraction of sp³-hybridized carbons (Fsp3) is 0.417. The molecule has 0 saturated heterocycles. The molecule has 0 aliphatic rings. The van der Waals surface area contributed by atoms with Crippen LogP contribution in [0.15, 0.2) is 36.4 Å². The van der Waals surface area contributed by atoms with Gasteiger partial charge in [0.25, 0.3) is 5.91 Å². The van der Waals surface area contributed by atoms with Gasteiger partial charge in [0, 0.05) is 24.2 Å². The van der Waals surface area contributed by atoms with Crippen LogP contribution in [-0.2, 0) is 9.59 Å². The molecular formula is C24H36ClN3O3. The summed E-state index contributed by atoms with van der Waals surface area (Å²) in [5.41, 5.74) is 6.05. The Bertz CT molecular complexity index is 857. The predicted molar refractivity (Wildman–Crippen MR) is 124 cm³/mol. The number of nitrogens with zero attached hydrogens (tertiary/aromatic N) is 1. The topological polar surface area (TPSA) is 89.7 Å². The van der Waals surface area contributed by atoms with Crippen molar-refractivity contribution in [3.63, 3.8) is 0 Å². The number of carbonyl (C=O) groups is 2. The highest BCUT2D eigenvalue weighted by Crippen LogP contribution is 2.21. The summed E-state index contributed by atoms with van der Waals surface area (Å²) in [6.07, 6.45) is 1.16. The first-order valence-corrected chi connectivity index (χ1v) is 10.1. The smallest absolute Gasteiger partial charge is 0.279 e. The number of hydrogen-bond acceptors (Lipinski definition) is 2. The molecule has 0 atom stereocenters. The second kappa shape index (κ2) is 12.4. The van der Waals surface area contributed by atoms with Crippen molar-refractivity contribution in [2.45, 2.75) is 40.5 Å². The molecule has 0 bridgehead atoms. The lowest BCUT2D eigenvalue weighted by Gasteiger charge is -2.29. The summed E-state index contributed by atoms with van der Waals surface area (Å²) < 4.78 is 0.535. The number of benzene rings is 2. The van der Waals surface area contributed by atoms with Crippen molar-refractivity contribution in [3.05, 3.63) is 58.7 Å². The zero-order valence-electron chi connectivity index (χ0n) is 19.4. The molecule has 4 N–H and O–H groups in total. The number of carbonyl (C=O) groups excluding carboxylic acids is 2. The van der Waals surface area contributed by atoms with E-state index in [9.17, 15) is 9.59 Å². The van der Waals surface area contributed by atoms with Gasteiger partial charge in [0.05, 0.1) is 20.6 Å². The fourth-order valence-electron chi connectivity index (χ4n) is 3.54. The van der Waals surface area contributed by atoms with Gasteiger partial charge in [-0.15, -0.1) is 0 Å². The molecule has 0 fully saturated rings. The van der Waals surface area contributed by atoms with Crippen molar-refractivity contribution in [1.82, 2.24) is 0 Å². The van der Waals surface area contributed by atoms with Crippen LogP contribution in [0.2, 0.25) is 0 Å². The maximum absolute atomic E-state index is 12.5. The largest absolute Gasteiger partial charge is 1.00 e. The van der Waals surface area contributed by atoms with Gasteiger partial charge >= 0.3 is 0 Å². The Hall–Kier alpha value is -2.41. The Labute approximate surface area is 192 Å². The van der Waals surface area contributed by atoms with E-state index in [1.54, 1.807) is 0 Å². The van der Waals surface area contributed by atoms with Crippen LogP contribution in [0.3, 0.4) is 0 Å². The van der Waals surface area contributed by atoms with E-state index in [1.807, 2.05) is 78.2 Å². The van der Waals surface area contributed by atoms with Crippen molar-refractivity contribution in [3.8, 4) is 0 Å². The Morgan fingerprint density at radius 2 is 1.16 bits per heavy atom. The van der Waals surface area contributed by atoms with Gasteiger partial charge in [-0.05, 0) is 49.9 Å². The lowest BCUT2D eigenvalue weighted by molar-refractivity contribution is -0.882. The summed E-state index contributed by atoms with van der Waals surface area (Å²) in [4.78, 5) is 24.9. The van der Waals surface area contributed by atoms with Gasteiger partial charge in [-0.3, -0.25) is 9.59 Å². The maximum atomic E-state index is 12.5. The highest BCUT2D eigenvalue weighted by Gasteiger charge is 2.21. The van der Waals surface area contributed by atoms with Crippen LogP contribution in [0, 0.1) is 27.7 Å². The molecule has 0 aliphatic heterocycles. The standard InChI is InChI=1S/C24H33N3O2.ClH.H2O/c1-17-10-7-11-18(2)23(17)25-21(28)14-9-15-27(5,6)16-22(29)26-24-19(3)12-8-13-20(24)4;;/h7-8,10-13H,9,14-16H2,1-6H3,(H-,25,26,28,29);1H;1H2. The molecule has 0 heterocycles. The van der Waals surface area contributed by atoms with Crippen molar-refractivity contribution >= 4 is 23.2 Å². The zero-order valence-corrected chi connectivity index (χ0v) is 20.2. The number of quaternary nitrogens is 1. The van der Waals surface area contributed by atoms with Crippen LogP contribution < -0.4 is 23.0 Å². The molecule has 31 heavy (non-hydrogen) atoms. The van der Waals surface area contributed by atoms with Gasteiger partial charge in [-0.2, -0.15) is 0 Å². The second-order valence-corrected chi connectivity index (χ2v) is 8.55. The van der Waals surface area contributed by atoms with Crippen LogP contribution in [-0.4, -0.2) is 49.0 Å². The van der Waals surface area contributed by atoms with Crippen LogP contribution in [0.4, 0.5) is 11.4 Å². The van der Waals surface area contributed by atoms with Crippen LogP contribution in [0.1, 0.15) is 35.1 Å². The lowest BCUT2D eigenvalue weighted by atomic mass is 10.1. The Morgan fingerprint density at radius 1 is 0.774 bits per heavy atom. The van der Waals surface area contributed by atoms with Crippen molar-refractivity contribution in [2.24, 2.45) is 0 Å².